The van der Waals surface area contributed by atoms with Gasteiger partial charge in [-0.2, -0.15) is 0 Å². The van der Waals surface area contributed by atoms with Gasteiger partial charge in [0, 0.05) is 10.2 Å². The Bertz CT molecular complexity index is 164. The SMILES string of the molecule is CCC(C)=NO.CCC(C[SiH3])=NO. The van der Waals surface area contributed by atoms with E-state index < -0.39 is 0 Å². The topological polar surface area (TPSA) is 65.2 Å². The molecule has 0 spiro atoms. The highest BCUT2D eigenvalue weighted by molar-refractivity contribution is 6.21. The molecule has 0 unspecified atom stereocenters. The summed E-state index contributed by atoms with van der Waals surface area (Å²) in [5.41, 5.74) is 1.70. The molecule has 0 aliphatic heterocycles. The average Bonchev–Trinajstić information content (AvgIpc) is 2.20. The van der Waals surface area contributed by atoms with Crippen molar-refractivity contribution < 1.29 is 10.4 Å². The maximum atomic E-state index is 8.14. The lowest BCUT2D eigenvalue weighted by molar-refractivity contribution is 0.317. The molecule has 5 heteroatoms. The third-order valence-corrected chi connectivity index (χ3v) is 2.46. The third kappa shape index (κ3) is 11.2. The molecule has 0 bridgehead atoms. The Morgan fingerprint density at radius 3 is 1.69 bits per heavy atom. The molecule has 0 aromatic carbocycles. The van der Waals surface area contributed by atoms with Gasteiger partial charge in [0.2, 0.25) is 0 Å². The molecule has 0 saturated heterocycles. The molecule has 0 aromatic rings. The summed E-state index contributed by atoms with van der Waals surface area (Å²) in [5.74, 6) is 0. The molecule has 13 heavy (non-hydrogen) atoms. The van der Waals surface area contributed by atoms with Crippen molar-refractivity contribution in [1.29, 1.82) is 0 Å². The van der Waals surface area contributed by atoms with Crippen LogP contribution in [-0.4, -0.2) is 32.1 Å². The number of nitrogens with zero attached hydrogens (tertiary/aromatic N) is 2. The van der Waals surface area contributed by atoms with E-state index in [1.54, 1.807) is 6.92 Å². The molecular formula is C8H20N2O2Si. The maximum Gasteiger partial charge on any atom is 0.0537 e. The summed E-state index contributed by atoms with van der Waals surface area (Å²) < 4.78 is 0. The van der Waals surface area contributed by atoms with Gasteiger partial charge >= 0.3 is 0 Å². The van der Waals surface area contributed by atoms with Crippen LogP contribution in [0.5, 0.6) is 0 Å². The molecule has 4 nitrogen and oxygen atoms in total. The van der Waals surface area contributed by atoms with Gasteiger partial charge in [0.1, 0.15) is 0 Å². The molecule has 0 aliphatic rings. The van der Waals surface area contributed by atoms with E-state index in [-0.39, 0.29) is 0 Å². The van der Waals surface area contributed by atoms with E-state index in [1.165, 1.54) is 0 Å². The van der Waals surface area contributed by atoms with E-state index in [2.05, 4.69) is 10.3 Å². The van der Waals surface area contributed by atoms with E-state index in [0.717, 1.165) is 40.6 Å². The quantitative estimate of drug-likeness (QED) is 0.314. The first-order chi connectivity index (χ1) is 6.15. The van der Waals surface area contributed by atoms with Crippen molar-refractivity contribution >= 4 is 21.7 Å². The Kier molecular flexibility index (Phi) is 12.6. The molecule has 0 aliphatic carbocycles. The van der Waals surface area contributed by atoms with E-state index in [0.29, 0.717) is 0 Å². The van der Waals surface area contributed by atoms with Crippen LogP contribution < -0.4 is 0 Å². The predicted octanol–water partition coefficient (Wildman–Crippen LogP) is 1.26. The highest BCUT2D eigenvalue weighted by atomic mass is 28.1. The van der Waals surface area contributed by atoms with Crippen LogP contribution in [0.4, 0.5) is 0 Å². The molecule has 0 aromatic heterocycles. The highest BCUT2D eigenvalue weighted by Crippen LogP contribution is 1.86. The average molecular weight is 204 g/mol. The lowest BCUT2D eigenvalue weighted by atomic mass is 10.3. The van der Waals surface area contributed by atoms with Gasteiger partial charge in [-0.1, -0.05) is 24.2 Å². The van der Waals surface area contributed by atoms with Gasteiger partial charge < -0.3 is 10.4 Å². The third-order valence-electron chi connectivity index (χ3n) is 1.64. The van der Waals surface area contributed by atoms with E-state index in [9.17, 15) is 0 Å². The van der Waals surface area contributed by atoms with Gasteiger partial charge in [-0.25, -0.2) is 0 Å². The minimum absolute atomic E-state index is 0.773. The Hall–Kier alpha value is -0.843. The van der Waals surface area contributed by atoms with Gasteiger partial charge in [0.15, 0.2) is 0 Å². The summed E-state index contributed by atoms with van der Waals surface area (Å²) in [6.45, 7) is 5.71. The van der Waals surface area contributed by atoms with Crippen LogP contribution in [0.15, 0.2) is 10.3 Å². The lowest BCUT2D eigenvalue weighted by Gasteiger charge is -1.89. The largest absolute Gasteiger partial charge is 0.411 e. The van der Waals surface area contributed by atoms with E-state index >= 15 is 0 Å². The van der Waals surface area contributed by atoms with E-state index in [4.69, 9.17) is 10.4 Å². The zero-order valence-corrected chi connectivity index (χ0v) is 10.9. The highest BCUT2D eigenvalue weighted by Gasteiger charge is 1.87. The van der Waals surface area contributed by atoms with Gasteiger partial charge in [0.05, 0.1) is 11.4 Å². The van der Waals surface area contributed by atoms with E-state index in [1.807, 2.05) is 13.8 Å². The summed E-state index contributed by atoms with van der Waals surface area (Å²) in [6, 6.07) is 0.993. The van der Waals surface area contributed by atoms with Crippen molar-refractivity contribution in [2.24, 2.45) is 10.3 Å². The molecule has 2 N–H and O–H groups in total. The van der Waals surface area contributed by atoms with Crippen molar-refractivity contribution in [1.82, 2.24) is 0 Å². The first-order valence-corrected chi connectivity index (χ1v) is 5.94. The Morgan fingerprint density at radius 1 is 1.15 bits per heavy atom. The van der Waals surface area contributed by atoms with Crippen LogP contribution in [-0.2, 0) is 0 Å². The molecule has 0 fully saturated rings. The predicted molar refractivity (Wildman–Crippen MR) is 59.4 cm³/mol. The Morgan fingerprint density at radius 2 is 1.69 bits per heavy atom. The van der Waals surface area contributed by atoms with Gasteiger partial charge in [-0.15, -0.1) is 0 Å². The van der Waals surface area contributed by atoms with Crippen LogP contribution in [0, 0.1) is 0 Å². The molecule has 0 rings (SSSR count). The fraction of sp³-hybridized carbons (Fsp3) is 0.750. The molecule has 0 radical (unpaired) electrons. The maximum absolute atomic E-state index is 8.14. The minimum atomic E-state index is 0.773. The van der Waals surface area contributed by atoms with Crippen molar-refractivity contribution in [2.75, 3.05) is 0 Å². The molecule has 0 saturated carbocycles. The summed E-state index contributed by atoms with van der Waals surface area (Å²) in [5, 5.41) is 22.1. The van der Waals surface area contributed by atoms with Gasteiger partial charge in [-0.05, 0) is 25.8 Å². The molecule has 78 valence electrons. The lowest BCUT2D eigenvalue weighted by Crippen LogP contribution is -1.92. The van der Waals surface area contributed by atoms with Crippen LogP contribution in [0.1, 0.15) is 33.6 Å². The van der Waals surface area contributed by atoms with Gasteiger partial charge in [-0.3, -0.25) is 0 Å². The van der Waals surface area contributed by atoms with Crippen LogP contribution in [0.2, 0.25) is 6.04 Å². The Labute approximate surface area is 82.8 Å². The van der Waals surface area contributed by atoms with Crippen LogP contribution in [0.3, 0.4) is 0 Å². The van der Waals surface area contributed by atoms with Crippen molar-refractivity contribution in [3.63, 3.8) is 0 Å². The van der Waals surface area contributed by atoms with Crippen molar-refractivity contribution in [3.8, 4) is 0 Å². The number of rotatable bonds is 3. The Balaban J connectivity index is 0. The molecule has 0 amide bonds. The fourth-order valence-corrected chi connectivity index (χ4v) is 1.10. The second-order valence-electron chi connectivity index (χ2n) is 2.56. The first-order valence-electron chi connectivity index (χ1n) is 4.53. The molecular weight excluding hydrogens is 184 g/mol. The van der Waals surface area contributed by atoms with Crippen molar-refractivity contribution in [2.45, 2.75) is 39.7 Å². The van der Waals surface area contributed by atoms with Crippen LogP contribution in [0.25, 0.3) is 0 Å². The standard InChI is InChI=1S/C4H11NOSi.C4H9NO/c1-2-4(3-7)5-6;1-3-4(2)5-6/h6H,2-3H2,1,7H3;6H,3H2,1-2H3. The zero-order valence-electron chi connectivity index (χ0n) is 8.91. The summed E-state index contributed by atoms with van der Waals surface area (Å²) in [4.78, 5) is 0. The summed E-state index contributed by atoms with van der Waals surface area (Å²) in [6.07, 6.45) is 1.72. The number of hydrogen-bond acceptors (Lipinski definition) is 4. The second kappa shape index (κ2) is 11.2. The van der Waals surface area contributed by atoms with Crippen LogP contribution >= 0.6 is 0 Å². The molecule has 0 atom stereocenters. The van der Waals surface area contributed by atoms with Gasteiger partial charge in [0.25, 0.3) is 0 Å². The second-order valence-corrected chi connectivity index (χ2v) is 3.27. The number of hydrogen-bond donors (Lipinski definition) is 2. The number of oxime groups is 2. The monoisotopic (exact) mass is 204 g/mol. The first kappa shape index (κ1) is 14.7. The fourth-order valence-electron chi connectivity index (χ4n) is 0.462. The summed E-state index contributed by atoms with van der Waals surface area (Å²) >= 11 is 0. The smallest absolute Gasteiger partial charge is 0.0537 e. The normalized spacial score (nSPS) is 12.2. The zero-order chi connectivity index (χ0) is 10.7. The van der Waals surface area contributed by atoms with Crippen molar-refractivity contribution in [3.05, 3.63) is 0 Å². The summed E-state index contributed by atoms with van der Waals surface area (Å²) in [7, 11) is 1.10. The molecule has 0 heterocycles. The minimum Gasteiger partial charge on any atom is -0.411 e.